The number of likely N-dealkylation sites (N-methyl/N-ethyl adjacent to an activating group) is 1. The molecule has 3 aromatic heterocycles. The van der Waals surface area contributed by atoms with Gasteiger partial charge in [0.2, 0.25) is 17.6 Å². The SMILES string of the molecule is CN(Cc1nc(-c2ccccn2)no1)C(=O)Cc1cccnc1. The Morgan fingerprint density at radius 3 is 2.87 bits per heavy atom. The number of amides is 1. The molecule has 0 unspecified atom stereocenters. The highest BCUT2D eigenvalue weighted by Gasteiger charge is 2.15. The third-order valence-corrected chi connectivity index (χ3v) is 3.24. The van der Waals surface area contributed by atoms with E-state index in [0.717, 1.165) is 5.56 Å². The molecule has 7 nitrogen and oxygen atoms in total. The van der Waals surface area contributed by atoms with Gasteiger partial charge in [-0.2, -0.15) is 4.98 Å². The predicted octanol–water partition coefficient (Wildman–Crippen LogP) is 1.73. The molecule has 23 heavy (non-hydrogen) atoms. The summed E-state index contributed by atoms with van der Waals surface area (Å²) in [5.74, 6) is 0.733. The van der Waals surface area contributed by atoms with Crippen molar-refractivity contribution < 1.29 is 9.32 Å². The van der Waals surface area contributed by atoms with Gasteiger partial charge in [0.05, 0.1) is 13.0 Å². The second kappa shape index (κ2) is 6.78. The first-order valence-electron chi connectivity index (χ1n) is 7.09. The standard InChI is InChI=1S/C16H15N5O2/c1-21(15(22)9-12-5-4-7-17-10-12)11-14-19-16(20-23-14)13-6-2-3-8-18-13/h2-8,10H,9,11H2,1H3. The Morgan fingerprint density at radius 2 is 2.13 bits per heavy atom. The van der Waals surface area contributed by atoms with Gasteiger partial charge >= 0.3 is 0 Å². The van der Waals surface area contributed by atoms with Crippen LogP contribution in [-0.2, 0) is 17.8 Å². The molecule has 3 heterocycles. The molecule has 3 rings (SSSR count). The van der Waals surface area contributed by atoms with Crippen molar-refractivity contribution in [1.29, 1.82) is 0 Å². The summed E-state index contributed by atoms with van der Waals surface area (Å²) in [7, 11) is 1.70. The molecule has 116 valence electrons. The van der Waals surface area contributed by atoms with Crippen molar-refractivity contribution in [3.8, 4) is 11.5 Å². The molecule has 0 aliphatic rings. The number of pyridine rings is 2. The Hall–Kier alpha value is -3.09. The van der Waals surface area contributed by atoms with Gasteiger partial charge in [0.15, 0.2) is 0 Å². The number of rotatable bonds is 5. The van der Waals surface area contributed by atoms with Gasteiger partial charge in [-0.1, -0.05) is 17.3 Å². The van der Waals surface area contributed by atoms with Gasteiger partial charge in [0.25, 0.3) is 0 Å². The normalized spacial score (nSPS) is 10.5. The van der Waals surface area contributed by atoms with Crippen LogP contribution in [0.3, 0.4) is 0 Å². The molecule has 0 saturated heterocycles. The van der Waals surface area contributed by atoms with Crippen LogP contribution in [0, 0.1) is 0 Å². The fourth-order valence-electron chi connectivity index (χ4n) is 2.02. The zero-order valence-electron chi connectivity index (χ0n) is 12.6. The summed E-state index contributed by atoms with van der Waals surface area (Å²) in [6, 6.07) is 9.13. The van der Waals surface area contributed by atoms with Gasteiger partial charge < -0.3 is 9.42 Å². The third kappa shape index (κ3) is 3.76. The number of carbonyl (C=O) groups is 1. The van der Waals surface area contributed by atoms with Gasteiger partial charge in [-0.25, -0.2) is 0 Å². The molecule has 0 spiro atoms. The molecule has 7 heteroatoms. The van der Waals surface area contributed by atoms with E-state index in [0.29, 0.717) is 17.4 Å². The molecule has 3 aromatic rings. The van der Waals surface area contributed by atoms with E-state index >= 15 is 0 Å². The van der Waals surface area contributed by atoms with Crippen molar-refractivity contribution in [2.24, 2.45) is 0 Å². The van der Waals surface area contributed by atoms with Crippen LogP contribution in [0.5, 0.6) is 0 Å². The first kappa shape index (κ1) is 14.8. The zero-order chi connectivity index (χ0) is 16.1. The summed E-state index contributed by atoms with van der Waals surface area (Å²) < 4.78 is 5.18. The Labute approximate surface area is 133 Å². The van der Waals surface area contributed by atoms with Crippen molar-refractivity contribution in [1.82, 2.24) is 25.0 Å². The van der Waals surface area contributed by atoms with Crippen LogP contribution in [0.15, 0.2) is 53.4 Å². The monoisotopic (exact) mass is 309 g/mol. The number of aromatic nitrogens is 4. The molecule has 0 aliphatic carbocycles. The number of hydrogen-bond acceptors (Lipinski definition) is 6. The zero-order valence-corrected chi connectivity index (χ0v) is 12.6. The maximum absolute atomic E-state index is 12.2. The topological polar surface area (TPSA) is 85.0 Å². The second-order valence-electron chi connectivity index (χ2n) is 5.01. The molecule has 1 amide bonds. The molecular weight excluding hydrogens is 294 g/mol. The minimum absolute atomic E-state index is 0.0458. The third-order valence-electron chi connectivity index (χ3n) is 3.24. The number of nitrogens with zero attached hydrogens (tertiary/aromatic N) is 5. The van der Waals surface area contributed by atoms with Crippen LogP contribution in [0.4, 0.5) is 0 Å². The molecule has 0 radical (unpaired) electrons. The van der Waals surface area contributed by atoms with Gasteiger partial charge in [-0.3, -0.25) is 14.8 Å². The average Bonchev–Trinajstić information content (AvgIpc) is 3.05. The molecule has 0 bridgehead atoms. The fourth-order valence-corrected chi connectivity index (χ4v) is 2.02. The highest BCUT2D eigenvalue weighted by atomic mass is 16.5. The Morgan fingerprint density at radius 1 is 1.22 bits per heavy atom. The molecule has 0 atom stereocenters. The van der Waals surface area contributed by atoms with Gasteiger partial charge in [-0.05, 0) is 23.8 Å². The summed E-state index contributed by atoms with van der Waals surface area (Å²) in [5.41, 5.74) is 1.50. The Bertz CT molecular complexity index is 773. The summed E-state index contributed by atoms with van der Waals surface area (Å²) in [4.78, 5) is 26.2. The maximum Gasteiger partial charge on any atom is 0.246 e. The molecule has 0 N–H and O–H groups in total. The van der Waals surface area contributed by atoms with E-state index in [-0.39, 0.29) is 18.9 Å². The summed E-state index contributed by atoms with van der Waals surface area (Å²) in [6.45, 7) is 0.249. The number of carbonyl (C=O) groups excluding carboxylic acids is 1. The summed E-state index contributed by atoms with van der Waals surface area (Å²) in [5, 5.41) is 3.89. The number of hydrogen-bond donors (Lipinski definition) is 0. The van der Waals surface area contributed by atoms with E-state index in [2.05, 4.69) is 20.1 Å². The van der Waals surface area contributed by atoms with Crippen molar-refractivity contribution in [2.45, 2.75) is 13.0 Å². The first-order chi connectivity index (χ1) is 11.2. The summed E-state index contributed by atoms with van der Waals surface area (Å²) in [6.07, 6.45) is 5.30. The highest BCUT2D eigenvalue weighted by Crippen LogP contribution is 2.13. The second-order valence-corrected chi connectivity index (χ2v) is 5.01. The van der Waals surface area contributed by atoms with Crippen LogP contribution in [0.25, 0.3) is 11.5 Å². The van der Waals surface area contributed by atoms with Crippen molar-refractivity contribution in [3.63, 3.8) is 0 Å². The van der Waals surface area contributed by atoms with Crippen molar-refractivity contribution >= 4 is 5.91 Å². The molecule has 0 saturated carbocycles. The van der Waals surface area contributed by atoms with E-state index in [1.165, 1.54) is 0 Å². The highest BCUT2D eigenvalue weighted by molar-refractivity contribution is 5.78. The summed E-state index contributed by atoms with van der Waals surface area (Å²) >= 11 is 0. The van der Waals surface area contributed by atoms with E-state index < -0.39 is 0 Å². The van der Waals surface area contributed by atoms with Crippen LogP contribution in [-0.4, -0.2) is 38.0 Å². The first-order valence-corrected chi connectivity index (χ1v) is 7.09. The van der Waals surface area contributed by atoms with E-state index in [1.54, 1.807) is 42.7 Å². The van der Waals surface area contributed by atoms with Crippen LogP contribution < -0.4 is 0 Å². The molecule has 0 aliphatic heterocycles. The van der Waals surface area contributed by atoms with Gasteiger partial charge in [-0.15, -0.1) is 0 Å². The molecule has 0 fully saturated rings. The lowest BCUT2D eigenvalue weighted by Crippen LogP contribution is -2.27. The van der Waals surface area contributed by atoms with Gasteiger partial charge in [0, 0.05) is 25.6 Å². The smallest absolute Gasteiger partial charge is 0.246 e. The van der Waals surface area contributed by atoms with Crippen LogP contribution in [0.1, 0.15) is 11.5 Å². The lowest BCUT2D eigenvalue weighted by Gasteiger charge is -2.14. The predicted molar refractivity (Wildman–Crippen MR) is 81.9 cm³/mol. The van der Waals surface area contributed by atoms with E-state index in [9.17, 15) is 4.79 Å². The van der Waals surface area contributed by atoms with Crippen molar-refractivity contribution in [2.75, 3.05) is 7.05 Å². The average molecular weight is 309 g/mol. The Kier molecular flexibility index (Phi) is 4.37. The van der Waals surface area contributed by atoms with E-state index in [1.807, 2.05) is 18.2 Å². The minimum Gasteiger partial charge on any atom is -0.337 e. The van der Waals surface area contributed by atoms with E-state index in [4.69, 9.17) is 4.52 Å². The van der Waals surface area contributed by atoms with Crippen molar-refractivity contribution in [3.05, 3.63) is 60.4 Å². The quantitative estimate of drug-likeness (QED) is 0.713. The maximum atomic E-state index is 12.2. The lowest BCUT2D eigenvalue weighted by molar-refractivity contribution is -0.130. The fraction of sp³-hybridized carbons (Fsp3) is 0.188. The van der Waals surface area contributed by atoms with Gasteiger partial charge in [0.1, 0.15) is 5.69 Å². The molecular formula is C16H15N5O2. The van der Waals surface area contributed by atoms with Crippen LogP contribution >= 0.6 is 0 Å². The molecule has 0 aromatic carbocycles. The Balaban J connectivity index is 1.63. The van der Waals surface area contributed by atoms with Crippen LogP contribution in [0.2, 0.25) is 0 Å². The lowest BCUT2D eigenvalue weighted by atomic mass is 10.2. The minimum atomic E-state index is -0.0458. The largest absolute Gasteiger partial charge is 0.337 e.